The summed E-state index contributed by atoms with van der Waals surface area (Å²) < 4.78 is 1.56. The van der Waals surface area contributed by atoms with Gasteiger partial charge in [0.05, 0.1) is 5.59 Å². The number of nitrogens with zero attached hydrogens (tertiary/aromatic N) is 2. The van der Waals surface area contributed by atoms with Crippen molar-refractivity contribution in [2.45, 2.75) is 6.54 Å². The van der Waals surface area contributed by atoms with Gasteiger partial charge in [0.25, 0.3) is 0 Å². The van der Waals surface area contributed by atoms with Crippen molar-refractivity contribution in [1.29, 1.82) is 0 Å². The zero-order valence-electron chi connectivity index (χ0n) is 9.11. The number of rotatable bonds is 2. The van der Waals surface area contributed by atoms with Gasteiger partial charge in [-0.05, 0) is 18.2 Å². The summed E-state index contributed by atoms with van der Waals surface area (Å²) in [6, 6.07) is 11.2. The predicted molar refractivity (Wildman–Crippen MR) is 65.4 cm³/mol. The average molecular weight is 226 g/mol. The molecule has 17 heavy (non-hydrogen) atoms. The molecular weight excluding hydrogens is 215 g/mol. The molecular formula is C12H11BN2O2. The Morgan fingerprint density at radius 3 is 2.59 bits per heavy atom. The first-order valence-electron chi connectivity index (χ1n) is 5.19. The minimum absolute atomic E-state index is 0.228. The van der Waals surface area contributed by atoms with Gasteiger partial charge >= 0.3 is 7.12 Å². The van der Waals surface area contributed by atoms with E-state index in [2.05, 4.69) is 16.9 Å². The number of benzene rings is 1. The fourth-order valence-electron chi connectivity index (χ4n) is 1.35. The van der Waals surface area contributed by atoms with E-state index in [0.29, 0.717) is 6.54 Å². The normalized spacial score (nSPS) is 9.53. The lowest BCUT2D eigenvalue weighted by atomic mass is 9.87. The molecule has 5 heteroatoms. The van der Waals surface area contributed by atoms with E-state index in [9.17, 15) is 0 Å². The van der Waals surface area contributed by atoms with E-state index in [1.807, 2.05) is 30.3 Å². The number of aromatic nitrogens is 2. The van der Waals surface area contributed by atoms with Gasteiger partial charge in [-0.2, -0.15) is 5.10 Å². The highest BCUT2D eigenvalue weighted by atomic mass is 16.4. The average Bonchev–Trinajstić information content (AvgIpc) is 2.79. The molecule has 0 aliphatic carbocycles. The van der Waals surface area contributed by atoms with Crippen LogP contribution in [0.15, 0.2) is 42.6 Å². The van der Waals surface area contributed by atoms with Crippen LogP contribution in [0.5, 0.6) is 0 Å². The first kappa shape index (κ1) is 11.5. The van der Waals surface area contributed by atoms with Gasteiger partial charge in [-0.3, -0.25) is 4.68 Å². The molecule has 0 amide bonds. The summed E-state index contributed by atoms with van der Waals surface area (Å²) in [5.41, 5.74) is 1.17. The summed E-state index contributed by atoms with van der Waals surface area (Å²) in [5, 5.41) is 21.7. The minimum atomic E-state index is -1.53. The van der Waals surface area contributed by atoms with Crippen LogP contribution in [0.2, 0.25) is 0 Å². The Morgan fingerprint density at radius 1 is 1.18 bits per heavy atom. The molecule has 0 aliphatic heterocycles. The second-order valence-corrected chi connectivity index (χ2v) is 3.48. The summed E-state index contributed by atoms with van der Waals surface area (Å²) in [4.78, 5) is 0. The lowest BCUT2D eigenvalue weighted by Gasteiger charge is -1.93. The molecule has 0 saturated heterocycles. The van der Waals surface area contributed by atoms with Crippen LogP contribution in [0.3, 0.4) is 0 Å². The number of hydrogen-bond donors (Lipinski definition) is 2. The van der Waals surface area contributed by atoms with Gasteiger partial charge in [-0.15, -0.1) is 0 Å². The molecule has 0 radical (unpaired) electrons. The van der Waals surface area contributed by atoms with E-state index in [1.54, 1.807) is 16.9 Å². The summed E-state index contributed by atoms with van der Waals surface area (Å²) in [6.07, 6.45) is 1.66. The molecule has 2 aromatic rings. The smallest absolute Gasteiger partial charge is 0.422 e. The zero-order valence-corrected chi connectivity index (χ0v) is 9.11. The molecule has 0 bridgehead atoms. The highest BCUT2D eigenvalue weighted by Crippen LogP contribution is 1.94. The molecule has 4 nitrogen and oxygen atoms in total. The second-order valence-electron chi connectivity index (χ2n) is 3.48. The molecule has 1 heterocycles. The van der Waals surface area contributed by atoms with Gasteiger partial charge in [0, 0.05) is 11.8 Å². The second kappa shape index (κ2) is 5.35. The summed E-state index contributed by atoms with van der Waals surface area (Å²) in [5.74, 6) is 5.95. The van der Waals surface area contributed by atoms with E-state index < -0.39 is 7.12 Å². The Hall–Kier alpha value is -2.03. The summed E-state index contributed by atoms with van der Waals surface area (Å²) in [6.45, 7) is 0.418. The van der Waals surface area contributed by atoms with Gasteiger partial charge < -0.3 is 10.0 Å². The summed E-state index contributed by atoms with van der Waals surface area (Å²) in [7, 11) is -1.53. The van der Waals surface area contributed by atoms with Crippen LogP contribution in [0.4, 0.5) is 0 Å². The summed E-state index contributed by atoms with van der Waals surface area (Å²) >= 11 is 0. The van der Waals surface area contributed by atoms with Crippen LogP contribution in [0, 0.1) is 11.8 Å². The van der Waals surface area contributed by atoms with Gasteiger partial charge in [-0.1, -0.05) is 30.0 Å². The van der Waals surface area contributed by atoms with Gasteiger partial charge in [0.1, 0.15) is 6.54 Å². The van der Waals surface area contributed by atoms with Crippen LogP contribution in [0.25, 0.3) is 0 Å². The SMILES string of the molecule is OB(O)c1ccn(CC#Cc2ccccc2)n1. The first-order chi connectivity index (χ1) is 8.25. The van der Waals surface area contributed by atoms with Gasteiger partial charge in [-0.25, -0.2) is 0 Å². The predicted octanol–water partition coefficient (Wildman–Crippen LogP) is -0.385. The Kier molecular flexibility index (Phi) is 3.60. The van der Waals surface area contributed by atoms with Gasteiger partial charge in [0.2, 0.25) is 0 Å². The van der Waals surface area contributed by atoms with Crippen molar-refractivity contribution in [2.24, 2.45) is 0 Å². The fraction of sp³-hybridized carbons (Fsp3) is 0.0833. The van der Waals surface area contributed by atoms with Crippen LogP contribution in [-0.2, 0) is 6.54 Å². The van der Waals surface area contributed by atoms with E-state index in [-0.39, 0.29) is 5.59 Å². The molecule has 2 rings (SSSR count). The molecule has 0 unspecified atom stereocenters. The Balaban J connectivity index is 2.00. The maximum absolute atomic E-state index is 8.88. The molecule has 1 aromatic heterocycles. The van der Waals surface area contributed by atoms with Crippen LogP contribution in [-0.4, -0.2) is 26.9 Å². The van der Waals surface area contributed by atoms with E-state index >= 15 is 0 Å². The van der Waals surface area contributed by atoms with E-state index in [4.69, 9.17) is 10.0 Å². The third-order valence-electron chi connectivity index (χ3n) is 2.17. The van der Waals surface area contributed by atoms with Crippen LogP contribution in [0.1, 0.15) is 5.56 Å². The van der Waals surface area contributed by atoms with Crippen LogP contribution >= 0.6 is 0 Å². The first-order valence-corrected chi connectivity index (χ1v) is 5.19. The largest absolute Gasteiger partial charge is 0.510 e. The molecule has 84 valence electrons. The van der Waals surface area contributed by atoms with Crippen molar-refractivity contribution in [3.8, 4) is 11.8 Å². The molecule has 1 aromatic carbocycles. The standard InChI is InChI=1S/C12H11BN2O2/c16-13(17)12-8-10-15(14-12)9-4-7-11-5-2-1-3-6-11/h1-3,5-6,8,10,16-17H,9H2. The van der Waals surface area contributed by atoms with Crippen molar-refractivity contribution in [2.75, 3.05) is 0 Å². The van der Waals surface area contributed by atoms with Crippen molar-refractivity contribution < 1.29 is 10.0 Å². The Bertz CT molecular complexity index is 540. The lowest BCUT2D eigenvalue weighted by Crippen LogP contribution is -2.31. The molecule has 0 saturated carbocycles. The lowest BCUT2D eigenvalue weighted by molar-refractivity contribution is 0.423. The molecule has 0 aliphatic rings. The van der Waals surface area contributed by atoms with Crippen molar-refractivity contribution in [3.63, 3.8) is 0 Å². The van der Waals surface area contributed by atoms with E-state index in [1.165, 1.54) is 0 Å². The molecule has 0 fully saturated rings. The van der Waals surface area contributed by atoms with E-state index in [0.717, 1.165) is 5.56 Å². The minimum Gasteiger partial charge on any atom is -0.422 e. The van der Waals surface area contributed by atoms with Crippen LogP contribution < -0.4 is 5.59 Å². The molecule has 0 atom stereocenters. The number of hydrogen-bond acceptors (Lipinski definition) is 3. The Labute approximate surface area is 99.7 Å². The maximum Gasteiger partial charge on any atom is 0.510 e. The topological polar surface area (TPSA) is 58.3 Å². The monoisotopic (exact) mass is 226 g/mol. The van der Waals surface area contributed by atoms with Gasteiger partial charge in [0.15, 0.2) is 0 Å². The zero-order chi connectivity index (χ0) is 12.1. The fourth-order valence-corrected chi connectivity index (χ4v) is 1.35. The molecule has 0 spiro atoms. The third-order valence-corrected chi connectivity index (χ3v) is 2.17. The maximum atomic E-state index is 8.88. The highest BCUT2D eigenvalue weighted by molar-refractivity contribution is 6.57. The highest BCUT2D eigenvalue weighted by Gasteiger charge is 2.13. The van der Waals surface area contributed by atoms with Crippen molar-refractivity contribution in [3.05, 3.63) is 48.2 Å². The van der Waals surface area contributed by atoms with Crippen molar-refractivity contribution >= 4 is 12.7 Å². The quantitative estimate of drug-likeness (QED) is 0.541. The van der Waals surface area contributed by atoms with Crippen molar-refractivity contribution in [1.82, 2.24) is 9.78 Å². The molecule has 2 N–H and O–H groups in total. The Morgan fingerprint density at radius 2 is 1.94 bits per heavy atom. The third kappa shape index (κ3) is 3.21.